The zero-order valence-corrected chi connectivity index (χ0v) is 10.4. The zero-order chi connectivity index (χ0) is 12.1. The van der Waals surface area contributed by atoms with Gasteiger partial charge in [0.15, 0.2) is 5.78 Å². The Labute approximate surface area is 96.7 Å². The molecule has 2 heteroatoms. The molecule has 1 aliphatic heterocycles. The van der Waals surface area contributed by atoms with E-state index in [2.05, 4.69) is 20.4 Å². The number of hydrogen-bond donors (Lipinski definition) is 0. The lowest BCUT2D eigenvalue weighted by Gasteiger charge is -2.37. The van der Waals surface area contributed by atoms with Crippen LogP contribution < -0.4 is 0 Å². The zero-order valence-electron chi connectivity index (χ0n) is 10.4. The van der Waals surface area contributed by atoms with Crippen molar-refractivity contribution < 1.29 is 9.53 Å². The van der Waals surface area contributed by atoms with E-state index in [0.29, 0.717) is 5.57 Å². The number of ether oxygens (including phenoxy) is 1. The Morgan fingerprint density at radius 1 is 1.25 bits per heavy atom. The van der Waals surface area contributed by atoms with E-state index in [1.807, 2.05) is 13.8 Å². The second-order valence-electron chi connectivity index (χ2n) is 5.23. The van der Waals surface area contributed by atoms with Crippen molar-refractivity contribution in [3.63, 3.8) is 0 Å². The molecule has 2 aliphatic rings. The highest BCUT2D eigenvalue weighted by atomic mass is 16.5. The lowest BCUT2D eigenvalue weighted by Crippen LogP contribution is -2.32. The molecule has 0 aromatic rings. The molecule has 16 heavy (non-hydrogen) atoms. The van der Waals surface area contributed by atoms with E-state index in [9.17, 15) is 4.79 Å². The molecule has 0 atom stereocenters. The van der Waals surface area contributed by atoms with Crippen molar-refractivity contribution in [2.45, 2.75) is 46.1 Å². The Morgan fingerprint density at radius 2 is 1.88 bits per heavy atom. The molecule has 0 bridgehead atoms. The first-order valence-electron chi connectivity index (χ1n) is 5.67. The topological polar surface area (TPSA) is 26.3 Å². The lowest BCUT2D eigenvalue weighted by atomic mass is 9.81. The number of rotatable bonds is 0. The van der Waals surface area contributed by atoms with Crippen molar-refractivity contribution in [3.05, 3.63) is 34.6 Å². The first kappa shape index (κ1) is 11.2. The van der Waals surface area contributed by atoms with E-state index in [1.165, 1.54) is 0 Å². The fourth-order valence-corrected chi connectivity index (χ4v) is 2.22. The van der Waals surface area contributed by atoms with Crippen molar-refractivity contribution in [1.29, 1.82) is 0 Å². The summed E-state index contributed by atoms with van der Waals surface area (Å²) in [5, 5.41) is 0. The third-order valence-electron chi connectivity index (χ3n) is 3.51. The highest BCUT2D eigenvalue weighted by molar-refractivity contribution is 6.12. The third kappa shape index (κ3) is 1.53. The van der Waals surface area contributed by atoms with Crippen LogP contribution in [0.25, 0.3) is 0 Å². The van der Waals surface area contributed by atoms with Crippen molar-refractivity contribution in [2.75, 3.05) is 0 Å². The summed E-state index contributed by atoms with van der Waals surface area (Å²) in [5.74, 6) is 0.956. The van der Waals surface area contributed by atoms with Gasteiger partial charge in [-0.2, -0.15) is 0 Å². The van der Waals surface area contributed by atoms with Crippen molar-refractivity contribution in [1.82, 2.24) is 0 Å². The van der Waals surface area contributed by atoms with Crippen LogP contribution in [0.1, 0.15) is 40.5 Å². The van der Waals surface area contributed by atoms with Crippen molar-refractivity contribution in [2.24, 2.45) is 0 Å². The predicted molar refractivity (Wildman–Crippen MR) is 63.9 cm³/mol. The van der Waals surface area contributed by atoms with E-state index >= 15 is 0 Å². The number of carbonyl (C=O) groups is 1. The van der Waals surface area contributed by atoms with Crippen LogP contribution in [0.15, 0.2) is 34.6 Å². The third-order valence-corrected chi connectivity index (χ3v) is 3.51. The van der Waals surface area contributed by atoms with Gasteiger partial charge in [-0.05, 0) is 46.1 Å². The number of Topliss-reactive ketones (excluding diaryl/α,β-unsaturated/α-hetero) is 1. The molecular formula is C14H18O2. The summed E-state index contributed by atoms with van der Waals surface area (Å²) in [4.78, 5) is 11.9. The smallest absolute Gasteiger partial charge is 0.188 e. The number of carbonyl (C=O) groups excluding carboxylic acids is 1. The van der Waals surface area contributed by atoms with Crippen LogP contribution in [0.5, 0.6) is 0 Å². The van der Waals surface area contributed by atoms with Gasteiger partial charge in [0.05, 0.1) is 0 Å². The summed E-state index contributed by atoms with van der Waals surface area (Å²) in [5.41, 5.74) is 3.23. The fourth-order valence-electron chi connectivity index (χ4n) is 2.22. The molecule has 2 rings (SSSR count). The van der Waals surface area contributed by atoms with Gasteiger partial charge in [0.2, 0.25) is 0 Å². The van der Waals surface area contributed by atoms with Gasteiger partial charge in [0.25, 0.3) is 0 Å². The fraction of sp³-hybridized carbons (Fsp3) is 0.500. The van der Waals surface area contributed by atoms with Crippen LogP contribution >= 0.6 is 0 Å². The molecule has 1 heterocycles. The molecule has 0 unspecified atom stereocenters. The maximum Gasteiger partial charge on any atom is 0.188 e. The maximum atomic E-state index is 11.9. The minimum atomic E-state index is -0.138. The quantitative estimate of drug-likeness (QED) is 0.583. The van der Waals surface area contributed by atoms with Crippen LogP contribution in [-0.4, -0.2) is 11.4 Å². The molecule has 0 N–H and O–H groups in total. The first-order valence-corrected chi connectivity index (χ1v) is 5.67. The minimum absolute atomic E-state index is 0.0690. The normalized spacial score (nSPS) is 24.5. The van der Waals surface area contributed by atoms with Crippen LogP contribution in [0.3, 0.4) is 0 Å². The highest BCUT2D eigenvalue weighted by Gasteiger charge is 2.35. The van der Waals surface area contributed by atoms with Gasteiger partial charge in [0.1, 0.15) is 11.4 Å². The average Bonchev–Trinajstić information content (AvgIpc) is 2.22. The number of allylic oxidation sites excluding steroid dienone is 4. The molecule has 0 saturated carbocycles. The molecular weight excluding hydrogens is 200 g/mol. The highest BCUT2D eigenvalue weighted by Crippen LogP contribution is 2.41. The van der Waals surface area contributed by atoms with E-state index in [4.69, 9.17) is 4.74 Å². The van der Waals surface area contributed by atoms with Crippen LogP contribution in [0, 0.1) is 0 Å². The van der Waals surface area contributed by atoms with Gasteiger partial charge in [-0.1, -0.05) is 6.58 Å². The standard InChI is InChI=1S/C14H18O2/c1-8-9(2)13-11(10(3)12(8)15)6-7-14(4,5)16-13/h3,6-7H2,1-2,4-5H3. The average molecular weight is 218 g/mol. The molecule has 0 spiro atoms. The maximum absolute atomic E-state index is 11.9. The first-order chi connectivity index (χ1) is 7.33. The van der Waals surface area contributed by atoms with E-state index < -0.39 is 0 Å². The van der Waals surface area contributed by atoms with E-state index in [0.717, 1.165) is 35.3 Å². The Balaban J connectivity index is 2.53. The van der Waals surface area contributed by atoms with Gasteiger partial charge >= 0.3 is 0 Å². The number of ketones is 1. The molecule has 2 nitrogen and oxygen atoms in total. The van der Waals surface area contributed by atoms with Gasteiger partial charge in [-0.15, -0.1) is 0 Å². The lowest BCUT2D eigenvalue weighted by molar-refractivity contribution is -0.112. The van der Waals surface area contributed by atoms with Gasteiger partial charge < -0.3 is 4.74 Å². The molecule has 1 aliphatic carbocycles. The summed E-state index contributed by atoms with van der Waals surface area (Å²) < 4.78 is 5.99. The van der Waals surface area contributed by atoms with E-state index in [1.54, 1.807) is 0 Å². The second-order valence-corrected chi connectivity index (χ2v) is 5.23. The van der Waals surface area contributed by atoms with Crippen LogP contribution in [0.2, 0.25) is 0 Å². The molecule has 0 saturated heterocycles. The largest absolute Gasteiger partial charge is 0.487 e. The van der Waals surface area contributed by atoms with Crippen LogP contribution in [-0.2, 0) is 9.53 Å². The summed E-state index contributed by atoms with van der Waals surface area (Å²) in [6.45, 7) is 11.9. The summed E-state index contributed by atoms with van der Waals surface area (Å²) >= 11 is 0. The van der Waals surface area contributed by atoms with Crippen LogP contribution in [0.4, 0.5) is 0 Å². The predicted octanol–water partition coefficient (Wildman–Crippen LogP) is 3.30. The molecule has 86 valence electrons. The second kappa shape index (κ2) is 3.34. The van der Waals surface area contributed by atoms with Gasteiger partial charge in [0, 0.05) is 16.7 Å². The van der Waals surface area contributed by atoms with Crippen molar-refractivity contribution >= 4 is 5.78 Å². The molecule has 0 radical (unpaired) electrons. The minimum Gasteiger partial charge on any atom is -0.487 e. The number of hydrogen-bond acceptors (Lipinski definition) is 2. The molecule has 0 aromatic heterocycles. The molecule has 0 aromatic carbocycles. The SMILES string of the molecule is C=C1C(=O)C(C)=C(C)C2=C1CCC(C)(C)O2. The Morgan fingerprint density at radius 3 is 2.50 bits per heavy atom. The Bertz CT molecular complexity index is 447. The summed E-state index contributed by atoms with van der Waals surface area (Å²) in [6.07, 6.45) is 1.82. The van der Waals surface area contributed by atoms with E-state index in [-0.39, 0.29) is 11.4 Å². The van der Waals surface area contributed by atoms with Gasteiger partial charge in [-0.3, -0.25) is 4.79 Å². The summed E-state index contributed by atoms with van der Waals surface area (Å²) in [6, 6.07) is 0. The Kier molecular flexibility index (Phi) is 2.33. The molecule has 0 amide bonds. The molecule has 0 fully saturated rings. The Hall–Kier alpha value is -1.31. The van der Waals surface area contributed by atoms with Crippen molar-refractivity contribution in [3.8, 4) is 0 Å². The monoisotopic (exact) mass is 218 g/mol. The van der Waals surface area contributed by atoms with Gasteiger partial charge in [-0.25, -0.2) is 0 Å². The summed E-state index contributed by atoms with van der Waals surface area (Å²) in [7, 11) is 0.